The molecule has 3 heterocycles. The van der Waals surface area contributed by atoms with Crippen molar-refractivity contribution in [3.8, 4) is 28.1 Å². The molecule has 0 saturated carbocycles. The highest BCUT2D eigenvalue weighted by Crippen LogP contribution is 2.37. The lowest BCUT2D eigenvalue weighted by molar-refractivity contribution is 0.159. The van der Waals surface area contributed by atoms with Gasteiger partial charge in [-0.2, -0.15) is 5.10 Å². The Bertz CT molecular complexity index is 1710. The number of ether oxygens (including phenoxy) is 2. The van der Waals surface area contributed by atoms with E-state index >= 15 is 0 Å². The molecular weight excluding hydrogens is 540 g/mol. The van der Waals surface area contributed by atoms with Crippen LogP contribution in [0.25, 0.3) is 33.3 Å². The minimum atomic E-state index is -0.270. The van der Waals surface area contributed by atoms with Crippen LogP contribution < -0.4 is 15.4 Å². The van der Waals surface area contributed by atoms with E-state index in [1.54, 1.807) is 18.9 Å². The topological polar surface area (TPSA) is 93.5 Å². The van der Waals surface area contributed by atoms with Crippen molar-refractivity contribution in [2.75, 3.05) is 45.8 Å². The summed E-state index contributed by atoms with van der Waals surface area (Å²) in [6, 6.07) is 25.9. The molecule has 1 saturated heterocycles. The van der Waals surface area contributed by atoms with Gasteiger partial charge in [-0.25, -0.2) is 9.78 Å². The summed E-state index contributed by atoms with van der Waals surface area (Å²) in [6.07, 6.45) is 3.78. The van der Waals surface area contributed by atoms with E-state index in [4.69, 9.17) is 14.5 Å². The van der Waals surface area contributed by atoms with Crippen LogP contribution in [0.3, 0.4) is 0 Å². The highest BCUT2D eigenvalue weighted by atomic mass is 16.5. The highest BCUT2D eigenvalue weighted by Gasteiger charge is 2.34. The van der Waals surface area contributed by atoms with Gasteiger partial charge in [0.25, 0.3) is 0 Å². The Morgan fingerprint density at radius 3 is 2.42 bits per heavy atom. The monoisotopic (exact) mass is 576 g/mol. The van der Waals surface area contributed by atoms with Gasteiger partial charge >= 0.3 is 6.03 Å². The number of methoxy groups -OCH3 is 2. The number of benzene rings is 3. The average Bonchev–Trinajstić information content (AvgIpc) is 3.65. The Hall–Kier alpha value is -4.73. The van der Waals surface area contributed by atoms with Crippen molar-refractivity contribution in [2.45, 2.75) is 12.0 Å². The maximum Gasteiger partial charge on any atom is 0.319 e. The molecule has 5 aromatic rings. The van der Waals surface area contributed by atoms with Crippen molar-refractivity contribution in [3.05, 3.63) is 96.8 Å². The minimum Gasteiger partial charge on any atom is -0.494 e. The summed E-state index contributed by atoms with van der Waals surface area (Å²) < 4.78 is 12.9. The number of urea groups is 1. The molecule has 6 rings (SSSR count). The molecule has 0 radical (unpaired) electrons. The Morgan fingerprint density at radius 2 is 1.72 bits per heavy atom. The second kappa shape index (κ2) is 12.6. The minimum absolute atomic E-state index is 0.0647. The van der Waals surface area contributed by atoms with Gasteiger partial charge in [0.05, 0.1) is 37.3 Å². The van der Waals surface area contributed by atoms with Crippen LogP contribution in [-0.4, -0.2) is 72.2 Å². The van der Waals surface area contributed by atoms with Gasteiger partial charge in [-0.3, -0.25) is 9.58 Å². The number of pyridine rings is 1. The molecule has 2 atom stereocenters. The number of anilines is 1. The molecule has 2 amide bonds. The third kappa shape index (κ3) is 6.23. The number of aryl methyl sites for hydroxylation is 1. The normalized spacial score (nSPS) is 16.8. The number of fused-ring (bicyclic) bond motifs is 1. The third-order valence-corrected chi connectivity index (χ3v) is 7.99. The number of aromatic nitrogens is 3. The average molecular weight is 577 g/mol. The van der Waals surface area contributed by atoms with Crippen LogP contribution in [0, 0.1) is 0 Å². The van der Waals surface area contributed by atoms with Gasteiger partial charge < -0.3 is 20.1 Å². The molecule has 1 aliphatic rings. The zero-order valence-corrected chi connectivity index (χ0v) is 24.7. The van der Waals surface area contributed by atoms with Crippen molar-refractivity contribution in [1.82, 2.24) is 25.0 Å². The van der Waals surface area contributed by atoms with Crippen molar-refractivity contribution < 1.29 is 14.3 Å². The van der Waals surface area contributed by atoms with Gasteiger partial charge in [-0.15, -0.1) is 0 Å². The molecule has 220 valence electrons. The van der Waals surface area contributed by atoms with E-state index in [1.807, 2.05) is 80.1 Å². The molecule has 2 N–H and O–H groups in total. The molecule has 0 aliphatic carbocycles. The fourth-order valence-electron chi connectivity index (χ4n) is 5.86. The molecular formula is C34H36N6O3. The number of hydrogen-bond donors (Lipinski definition) is 2. The van der Waals surface area contributed by atoms with Crippen molar-refractivity contribution in [2.24, 2.45) is 7.05 Å². The largest absolute Gasteiger partial charge is 0.494 e. The first kappa shape index (κ1) is 28.4. The van der Waals surface area contributed by atoms with Gasteiger partial charge in [-0.05, 0) is 29.3 Å². The van der Waals surface area contributed by atoms with E-state index in [0.29, 0.717) is 29.3 Å². The maximum atomic E-state index is 13.7. The van der Waals surface area contributed by atoms with Crippen LogP contribution in [0.2, 0.25) is 0 Å². The second-order valence-corrected chi connectivity index (χ2v) is 10.9. The van der Waals surface area contributed by atoms with E-state index < -0.39 is 0 Å². The van der Waals surface area contributed by atoms with Crippen LogP contribution in [0.1, 0.15) is 11.5 Å². The van der Waals surface area contributed by atoms with Gasteiger partial charge in [0.15, 0.2) is 0 Å². The fourth-order valence-corrected chi connectivity index (χ4v) is 5.86. The SMILES string of the molecule is COCCN1C[C@@H](NC(=O)Nc2cc3cc(-c4cnn(C)c4)cc(OC)c3nc2-c2ccccc2)[C@H](c2ccccc2)C1. The first-order valence-electron chi connectivity index (χ1n) is 14.4. The molecule has 1 aliphatic heterocycles. The molecule has 2 aromatic heterocycles. The van der Waals surface area contributed by atoms with E-state index in [1.165, 1.54) is 5.56 Å². The Balaban J connectivity index is 1.34. The van der Waals surface area contributed by atoms with Gasteiger partial charge in [0.1, 0.15) is 11.3 Å². The highest BCUT2D eigenvalue weighted by molar-refractivity contribution is 6.00. The molecule has 0 bridgehead atoms. The van der Waals surface area contributed by atoms with E-state index in [9.17, 15) is 4.79 Å². The van der Waals surface area contributed by atoms with Crippen LogP contribution in [0.15, 0.2) is 91.3 Å². The summed E-state index contributed by atoms with van der Waals surface area (Å²) in [5.41, 5.74) is 6.03. The van der Waals surface area contributed by atoms with E-state index in [0.717, 1.165) is 41.7 Å². The standard InChI is InChI=1S/C34H36N6O3/c1-39-20-27(19-35-39)25-16-26-17-29(32(24-12-8-5-9-13-24)38-33(26)31(18-25)43-3)36-34(41)37-30-22-40(14-15-42-2)21-28(30)23-10-6-4-7-11-23/h4-13,16-20,28,30H,14-15,21-22H2,1-3H3,(H2,36,37,41)/t28-,30+/m0/s1. The molecule has 9 heteroatoms. The lowest BCUT2D eigenvalue weighted by Gasteiger charge is -2.21. The number of nitrogens with one attached hydrogen (secondary N) is 2. The lowest BCUT2D eigenvalue weighted by atomic mass is 9.94. The Labute approximate surface area is 251 Å². The summed E-state index contributed by atoms with van der Waals surface area (Å²) >= 11 is 0. The smallest absolute Gasteiger partial charge is 0.319 e. The fraction of sp³-hybridized carbons (Fsp3) is 0.265. The first-order chi connectivity index (χ1) is 21.0. The number of carbonyl (C=O) groups is 1. The third-order valence-electron chi connectivity index (χ3n) is 7.99. The number of carbonyl (C=O) groups excluding carboxylic acids is 1. The number of amides is 2. The Morgan fingerprint density at radius 1 is 0.953 bits per heavy atom. The zero-order valence-electron chi connectivity index (χ0n) is 24.7. The predicted octanol–water partition coefficient (Wildman–Crippen LogP) is 5.55. The van der Waals surface area contributed by atoms with E-state index in [-0.39, 0.29) is 18.0 Å². The number of rotatable bonds is 9. The number of hydrogen-bond acceptors (Lipinski definition) is 6. The molecule has 1 fully saturated rings. The summed E-state index contributed by atoms with van der Waals surface area (Å²) in [5, 5.41) is 11.6. The van der Waals surface area contributed by atoms with Crippen molar-refractivity contribution in [1.29, 1.82) is 0 Å². The van der Waals surface area contributed by atoms with Gasteiger partial charge in [0, 0.05) is 62.4 Å². The van der Waals surface area contributed by atoms with Crippen LogP contribution in [0.4, 0.5) is 10.5 Å². The molecule has 0 unspecified atom stereocenters. The van der Waals surface area contributed by atoms with Crippen molar-refractivity contribution >= 4 is 22.6 Å². The molecule has 3 aromatic carbocycles. The van der Waals surface area contributed by atoms with Crippen molar-refractivity contribution in [3.63, 3.8) is 0 Å². The summed E-state index contributed by atoms with van der Waals surface area (Å²) in [4.78, 5) is 21.0. The maximum absolute atomic E-state index is 13.7. The van der Waals surface area contributed by atoms with Crippen LogP contribution >= 0.6 is 0 Å². The van der Waals surface area contributed by atoms with E-state index in [2.05, 4.69) is 38.8 Å². The Kier molecular flexibility index (Phi) is 8.35. The van der Waals surface area contributed by atoms with Crippen LogP contribution in [-0.2, 0) is 11.8 Å². The molecule has 43 heavy (non-hydrogen) atoms. The second-order valence-electron chi connectivity index (χ2n) is 10.9. The number of nitrogens with zero attached hydrogens (tertiary/aromatic N) is 4. The lowest BCUT2D eigenvalue weighted by Crippen LogP contribution is -2.42. The molecule has 0 spiro atoms. The van der Waals surface area contributed by atoms with Crippen LogP contribution in [0.5, 0.6) is 5.75 Å². The van der Waals surface area contributed by atoms with Gasteiger partial charge in [0.2, 0.25) is 0 Å². The summed E-state index contributed by atoms with van der Waals surface area (Å²) in [7, 11) is 5.25. The number of likely N-dealkylation sites (tertiary alicyclic amines) is 1. The summed E-state index contributed by atoms with van der Waals surface area (Å²) in [6.45, 7) is 3.05. The first-order valence-corrected chi connectivity index (χ1v) is 14.4. The quantitative estimate of drug-likeness (QED) is 0.239. The van der Waals surface area contributed by atoms with Gasteiger partial charge in [-0.1, -0.05) is 60.7 Å². The molecule has 9 nitrogen and oxygen atoms in total. The predicted molar refractivity (Wildman–Crippen MR) is 169 cm³/mol. The zero-order chi connectivity index (χ0) is 29.8. The summed E-state index contributed by atoms with van der Waals surface area (Å²) in [5.74, 6) is 0.816.